The van der Waals surface area contributed by atoms with Gasteiger partial charge in [-0.15, -0.1) is 0 Å². The number of hydrogen-bond donors (Lipinski definition) is 1. The summed E-state index contributed by atoms with van der Waals surface area (Å²) in [5.41, 5.74) is 0.983. The Hall–Kier alpha value is -2.20. The zero-order valence-electron chi connectivity index (χ0n) is 13.9. The Morgan fingerprint density at radius 1 is 1.12 bits per heavy atom. The van der Waals surface area contributed by atoms with E-state index >= 15 is 0 Å². The predicted molar refractivity (Wildman–Crippen MR) is 95.9 cm³/mol. The minimum absolute atomic E-state index is 0.0132. The van der Waals surface area contributed by atoms with Crippen molar-refractivity contribution >= 4 is 17.5 Å². The molecule has 0 fully saturated rings. The molecule has 24 heavy (non-hydrogen) atoms. The summed E-state index contributed by atoms with van der Waals surface area (Å²) in [6.45, 7) is 2.32. The SMILES string of the molecule is COc1ccc(OCC(C)NC(=O)CCc2ccccc2Cl)cc1. The molecule has 0 spiro atoms. The van der Waals surface area contributed by atoms with Crippen LogP contribution in [0.3, 0.4) is 0 Å². The molecular weight excluding hydrogens is 326 g/mol. The normalized spacial score (nSPS) is 11.6. The number of rotatable bonds is 8. The first-order valence-electron chi connectivity index (χ1n) is 7.88. The number of halogens is 1. The smallest absolute Gasteiger partial charge is 0.220 e. The first-order valence-corrected chi connectivity index (χ1v) is 8.26. The molecule has 0 saturated carbocycles. The number of carbonyl (C=O) groups is 1. The Bertz CT molecular complexity index is 658. The molecule has 0 saturated heterocycles. The van der Waals surface area contributed by atoms with E-state index < -0.39 is 0 Å². The van der Waals surface area contributed by atoms with Crippen molar-refractivity contribution in [3.63, 3.8) is 0 Å². The van der Waals surface area contributed by atoms with Gasteiger partial charge in [0.25, 0.3) is 0 Å². The van der Waals surface area contributed by atoms with Gasteiger partial charge in [0.2, 0.25) is 5.91 Å². The number of nitrogens with one attached hydrogen (secondary N) is 1. The maximum absolute atomic E-state index is 12.0. The zero-order chi connectivity index (χ0) is 17.4. The van der Waals surface area contributed by atoms with Gasteiger partial charge in [0.15, 0.2) is 0 Å². The van der Waals surface area contributed by atoms with Crippen molar-refractivity contribution in [2.75, 3.05) is 13.7 Å². The molecule has 0 heterocycles. The summed E-state index contributed by atoms with van der Waals surface area (Å²) in [4.78, 5) is 12.0. The molecule has 4 nitrogen and oxygen atoms in total. The van der Waals surface area contributed by atoms with Gasteiger partial charge in [-0.2, -0.15) is 0 Å². The van der Waals surface area contributed by atoms with Gasteiger partial charge in [0, 0.05) is 11.4 Å². The molecule has 2 aromatic carbocycles. The van der Waals surface area contributed by atoms with Gasteiger partial charge in [-0.05, 0) is 49.2 Å². The molecular formula is C19H22ClNO3. The van der Waals surface area contributed by atoms with Crippen molar-refractivity contribution in [3.8, 4) is 11.5 Å². The summed E-state index contributed by atoms with van der Waals surface area (Å²) in [7, 11) is 1.62. The number of benzene rings is 2. The van der Waals surface area contributed by atoms with Crippen LogP contribution < -0.4 is 14.8 Å². The molecule has 128 valence electrons. The van der Waals surface area contributed by atoms with E-state index in [-0.39, 0.29) is 11.9 Å². The number of ether oxygens (including phenoxy) is 2. The van der Waals surface area contributed by atoms with Crippen LogP contribution >= 0.6 is 11.6 Å². The molecule has 5 heteroatoms. The van der Waals surface area contributed by atoms with Crippen LogP contribution in [0, 0.1) is 0 Å². The van der Waals surface area contributed by atoms with Crippen LogP contribution in [0.4, 0.5) is 0 Å². The second kappa shape index (κ2) is 9.18. The molecule has 0 bridgehead atoms. The fourth-order valence-electron chi connectivity index (χ4n) is 2.23. The first kappa shape index (κ1) is 18.1. The Morgan fingerprint density at radius 2 is 1.79 bits per heavy atom. The molecule has 1 N–H and O–H groups in total. The van der Waals surface area contributed by atoms with Crippen molar-refractivity contribution in [3.05, 3.63) is 59.1 Å². The molecule has 2 rings (SSSR count). The average Bonchev–Trinajstić information content (AvgIpc) is 2.59. The van der Waals surface area contributed by atoms with Crippen molar-refractivity contribution in [1.29, 1.82) is 0 Å². The standard InChI is InChI=1S/C19H22ClNO3/c1-14(13-24-17-10-8-16(23-2)9-11-17)21-19(22)12-7-15-5-3-4-6-18(15)20/h3-6,8-11,14H,7,12-13H2,1-2H3,(H,21,22). The lowest BCUT2D eigenvalue weighted by atomic mass is 10.1. The maximum atomic E-state index is 12.0. The monoisotopic (exact) mass is 347 g/mol. The lowest BCUT2D eigenvalue weighted by molar-refractivity contribution is -0.121. The third-order valence-corrected chi connectivity index (χ3v) is 3.91. The first-order chi connectivity index (χ1) is 11.6. The Morgan fingerprint density at radius 3 is 2.46 bits per heavy atom. The van der Waals surface area contributed by atoms with Crippen LogP contribution in [0.2, 0.25) is 5.02 Å². The van der Waals surface area contributed by atoms with Crippen LogP contribution in [-0.2, 0) is 11.2 Å². The van der Waals surface area contributed by atoms with Gasteiger partial charge < -0.3 is 14.8 Å². The minimum Gasteiger partial charge on any atom is -0.497 e. The van der Waals surface area contributed by atoms with Gasteiger partial charge in [-0.25, -0.2) is 0 Å². The predicted octanol–water partition coefficient (Wildman–Crippen LogP) is 3.86. The maximum Gasteiger partial charge on any atom is 0.220 e. The van der Waals surface area contributed by atoms with E-state index in [1.54, 1.807) is 7.11 Å². The van der Waals surface area contributed by atoms with E-state index in [0.29, 0.717) is 24.5 Å². The van der Waals surface area contributed by atoms with Crippen LogP contribution in [-0.4, -0.2) is 25.7 Å². The highest BCUT2D eigenvalue weighted by molar-refractivity contribution is 6.31. The van der Waals surface area contributed by atoms with Crippen LogP contribution in [0.25, 0.3) is 0 Å². The Balaban J connectivity index is 1.72. The highest BCUT2D eigenvalue weighted by atomic mass is 35.5. The summed E-state index contributed by atoms with van der Waals surface area (Å²) in [5, 5.41) is 3.63. The third kappa shape index (κ3) is 5.78. The van der Waals surface area contributed by atoms with Gasteiger partial charge in [-0.1, -0.05) is 29.8 Å². The number of aryl methyl sites for hydroxylation is 1. The number of carbonyl (C=O) groups excluding carboxylic acids is 1. The number of methoxy groups -OCH3 is 1. The number of hydrogen-bond acceptors (Lipinski definition) is 3. The lowest BCUT2D eigenvalue weighted by Gasteiger charge is -2.15. The fraction of sp³-hybridized carbons (Fsp3) is 0.316. The van der Waals surface area contributed by atoms with Gasteiger partial charge in [0.05, 0.1) is 13.2 Å². The minimum atomic E-state index is -0.0779. The van der Waals surface area contributed by atoms with Gasteiger partial charge >= 0.3 is 0 Å². The highest BCUT2D eigenvalue weighted by Gasteiger charge is 2.09. The van der Waals surface area contributed by atoms with E-state index in [4.69, 9.17) is 21.1 Å². The molecule has 1 atom stereocenters. The largest absolute Gasteiger partial charge is 0.497 e. The topological polar surface area (TPSA) is 47.6 Å². The summed E-state index contributed by atoms with van der Waals surface area (Å²) < 4.78 is 10.8. The quantitative estimate of drug-likeness (QED) is 0.788. The summed E-state index contributed by atoms with van der Waals surface area (Å²) >= 11 is 6.09. The lowest BCUT2D eigenvalue weighted by Crippen LogP contribution is -2.36. The summed E-state index contributed by atoms with van der Waals surface area (Å²) in [6.07, 6.45) is 1.02. The number of amides is 1. The molecule has 1 unspecified atom stereocenters. The van der Waals surface area contributed by atoms with Crippen LogP contribution in [0.5, 0.6) is 11.5 Å². The Labute approximate surface area is 147 Å². The molecule has 0 radical (unpaired) electrons. The molecule has 2 aromatic rings. The second-order valence-electron chi connectivity index (χ2n) is 5.55. The third-order valence-electron chi connectivity index (χ3n) is 3.55. The average molecular weight is 348 g/mol. The van der Waals surface area contributed by atoms with Crippen molar-refractivity contribution in [2.24, 2.45) is 0 Å². The van der Waals surface area contributed by atoms with E-state index in [2.05, 4.69) is 5.32 Å². The highest BCUT2D eigenvalue weighted by Crippen LogP contribution is 2.17. The van der Waals surface area contributed by atoms with Crippen LogP contribution in [0.15, 0.2) is 48.5 Å². The fourth-order valence-corrected chi connectivity index (χ4v) is 2.46. The van der Waals surface area contributed by atoms with Crippen molar-refractivity contribution in [1.82, 2.24) is 5.32 Å². The van der Waals surface area contributed by atoms with Gasteiger partial charge in [0.1, 0.15) is 18.1 Å². The molecule has 0 aliphatic heterocycles. The summed E-state index contributed by atoms with van der Waals surface area (Å²) in [6, 6.07) is 14.8. The van der Waals surface area contributed by atoms with Crippen LogP contribution in [0.1, 0.15) is 18.9 Å². The molecule has 0 aliphatic rings. The van der Waals surface area contributed by atoms with Gasteiger partial charge in [-0.3, -0.25) is 4.79 Å². The second-order valence-corrected chi connectivity index (χ2v) is 5.95. The summed E-state index contributed by atoms with van der Waals surface area (Å²) in [5.74, 6) is 1.51. The van der Waals surface area contributed by atoms with E-state index in [9.17, 15) is 4.79 Å². The Kier molecular flexibility index (Phi) is 6.94. The van der Waals surface area contributed by atoms with Crippen molar-refractivity contribution < 1.29 is 14.3 Å². The van der Waals surface area contributed by atoms with E-state index in [1.165, 1.54) is 0 Å². The molecule has 1 amide bonds. The molecule has 0 aliphatic carbocycles. The molecule has 0 aromatic heterocycles. The zero-order valence-corrected chi connectivity index (χ0v) is 14.7. The van der Waals surface area contributed by atoms with E-state index in [0.717, 1.165) is 17.1 Å². The van der Waals surface area contributed by atoms with Crippen molar-refractivity contribution in [2.45, 2.75) is 25.8 Å². The van der Waals surface area contributed by atoms with E-state index in [1.807, 2.05) is 55.5 Å².